The highest BCUT2D eigenvalue weighted by Gasteiger charge is 2.11. The maximum atomic E-state index is 10.7. The van der Waals surface area contributed by atoms with Gasteiger partial charge in [-0.25, -0.2) is 9.97 Å². The molecule has 118 valence electrons. The molecule has 0 aliphatic carbocycles. The minimum absolute atomic E-state index is 0.241. The number of methoxy groups -OCH3 is 1. The lowest BCUT2D eigenvalue weighted by Crippen LogP contribution is -2.12. The van der Waals surface area contributed by atoms with Gasteiger partial charge in [-0.3, -0.25) is 4.79 Å². The van der Waals surface area contributed by atoms with Crippen molar-refractivity contribution in [1.29, 1.82) is 0 Å². The molecule has 1 unspecified atom stereocenters. The average molecular weight is 295 g/mol. The van der Waals surface area contributed by atoms with Crippen LogP contribution in [0.1, 0.15) is 44.6 Å². The normalized spacial score (nSPS) is 12.0. The Labute approximate surface area is 126 Å². The summed E-state index contributed by atoms with van der Waals surface area (Å²) in [5.41, 5.74) is 0.887. The van der Waals surface area contributed by atoms with Gasteiger partial charge in [-0.1, -0.05) is 19.8 Å². The Morgan fingerprint density at radius 2 is 2.14 bits per heavy atom. The first kappa shape index (κ1) is 17.2. The zero-order chi connectivity index (χ0) is 15.7. The van der Waals surface area contributed by atoms with Gasteiger partial charge in [-0.2, -0.15) is 0 Å². The van der Waals surface area contributed by atoms with Crippen molar-refractivity contribution in [2.75, 3.05) is 19.0 Å². The third-order valence-corrected chi connectivity index (χ3v) is 3.54. The summed E-state index contributed by atoms with van der Waals surface area (Å²) in [5, 5.41) is 12.1. The number of carbonyl (C=O) groups is 1. The van der Waals surface area contributed by atoms with Crippen LogP contribution in [0.2, 0.25) is 0 Å². The van der Waals surface area contributed by atoms with Gasteiger partial charge in [0.1, 0.15) is 12.1 Å². The molecular formula is C15H25N3O3. The van der Waals surface area contributed by atoms with Crippen molar-refractivity contribution >= 4 is 11.8 Å². The lowest BCUT2D eigenvalue weighted by atomic mass is 9.94. The van der Waals surface area contributed by atoms with E-state index < -0.39 is 5.97 Å². The Kier molecular flexibility index (Phi) is 7.50. The van der Waals surface area contributed by atoms with Crippen molar-refractivity contribution in [2.24, 2.45) is 5.92 Å². The van der Waals surface area contributed by atoms with Crippen molar-refractivity contribution in [3.05, 3.63) is 11.9 Å². The van der Waals surface area contributed by atoms with Crippen LogP contribution in [0.5, 0.6) is 5.88 Å². The molecule has 6 nitrogen and oxygen atoms in total. The number of nitrogens with one attached hydrogen (secondary N) is 1. The molecule has 1 aromatic heterocycles. The third-order valence-electron chi connectivity index (χ3n) is 3.54. The van der Waals surface area contributed by atoms with E-state index in [2.05, 4.69) is 22.2 Å². The third kappa shape index (κ3) is 5.97. The monoisotopic (exact) mass is 295 g/mol. The first-order chi connectivity index (χ1) is 10.1. The second-order valence-corrected chi connectivity index (χ2v) is 5.16. The second kappa shape index (κ2) is 9.15. The molecule has 0 aliphatic heterocycles. The van der Waals surface area contributed by atoms with E-state index in [1.165, 1.54) is 6.33 Å². The van der Waals surface area contributed by atoms with Crippen LogP contribution in [0.4, 0.5) is 5.82 Å². The highest BCUT2D eigenvalue weighted by molar-refractivity contribution is 5.66. The molecule has 0 fully saturated rings. The largest absolute Gasteiger partial charge is 0.481 e. The van der Waals surface area contributed by atoms with Crippen LogP contribution in [0.3, 0.4) is 0 Å². The highest BCUT2D eigenvalue weighted by Crippen LogP contribution is 2.21. The summed E-state index contributed by atoms with van der Waals surface area (Å²) >= 11 is 0. The maximum Gasteiger partial charge on any atom is 0.303 e. The van der Waals surface area contributed by atoms with Crippen molar-refractivity contribution in [3.63, 3.8) is 0 Å². The van der Waals surface area contributed by atoms with E-state index >= 15 is 0 Å². The molecule has 1 aromatic rings. The molecule has 0 aromatic carbocycles. The SMILES string of the molecule is CCCC(CCNc1ncnc(OC)c1C)CCC(=O)O. The molecule has 0 bridgehead atoms. The van der Waals surface area contributed by atoms with Gasteiger partial charge >= 0.3 is 5.97 Å². The summed E-state index contributed by atoms with van der Waals surface area (Å²) in [4.78, 5) is 18.9. The van der Waals surface area contributed by atoms with Crippen molar-refractivity contribution < 1.29 is 14.6 Å². The van der Waals surface area contributed by atoms with Crippen LogP contribution >= 0.6 is 0 Å². The van der Waals surface area contributed by atoms with Crippen LogP contribution in [-0.2, 0) is 4.79 Å². The molecule has 0 saturated heterocycles. The fourth-order valence-corrected chi connectivity index (χ4v) is 2.38. The summed E-state index contributed by atoms with van der Waals surface area (Å²) in [6.45, 7) is 4.81. The Morgan fingerprint density at radius 1 is 1.38 bits per heavy atom. The molecule has 0 spiro atoms. The summed E-state index contributed by atoms with van der Waals surface area (Å²) in [7, 11) is 1.59. The van der Waals surface area contributed by atoms with Crippen molar-refractivity contribution in [3.8, 4) is 5.88 Å². The minimum atomic E-state index is -0.722. The number of aromatic nitrogens is 2. The van der Waals surface area contributed by atoms with E-state index in [1.54, 1.807) is 7.11 Å². The molecule has 6 heteroatoms. The topological polar surface area (TPSA) is 84.3 Å². The molecular weight excluding hydrogens is 270 g/mol. The number of hydrogen-bond acceptors (Lipinski definition) is 5. The number of anilines is 1. The lowest BCUT2D eigenvalue weighted by molar-refractivity contribution is -0.137. The fourth-order valence-electron chi connectivity index (χ4n) is 2.38. The predicted molar refractivity (Wildman–Crippen MR) is 81.7 cm³/mol. The van der Waals surface area contributed by atoms with Gasteiger partial charge in [0, 0.05) is 13.0 Å². The first-order valence-corrected chi connectivity index (χ1v) is 7.39. The van der Waals surface area contributed by atoms with E-state index in [4.69, 9.17) is 9.84 Å². The molecule has 1 rings (SSSR count). The van der Waals surface area contributed by atoms with Gasteiger partial charge in [-0.05, 0) is 25.7 Å². The van der Waals surface area contributed by atoms with Crippen molar-refractivity contribution in [2.45, 2.75) is 46.0 Å². The lowest BCUT2D eigenvalue weighted by Gasteiger charge is -2.16. The summed E-state index contributed by atoms with van der Waals surface area (Å²) in [5.74, 6) is 1.06. The number of carboxylic acid groups (broad SMARTS) is 1. The number of aliphatic carboxylic acids is 1. The second-order valence-electron chi connectivity index (χ2n) is 5.16. The van der Waals surface area contributed by atoms with Gasteiger partial charge in [0.05, 0.1) is 12.7 Å². The molecule has 2 N–H and O–H groups in total. The number of carboxylic acids is 1. The Balaban J connectivity index is 2.48. The van der Waals surface area contributed by atoms with Crippen LogP contribution < -0.4 is 10.1 Å². The summed E-state index contributed by atoms with van der Waals surface area (Å²) in [6.07, 6.45) is 5.52. The Hall–Kier alpha value is -1.85. The maximum absolute atomic E-state index is 10.7. The molecule has 1 atom stereocenters. The van der Waals surface area contributed by atoms with Gasteiger partial charge in [0.15, 0.2) is 0 Å². The Morgan fingerprint density at radius 3 is 2.76 bits per heavy atom. The van der Waals surface area contributed by atoms with Crippen molar-refractivity contribution in [1.82, 2.24) is 9.97 Å². The van der Waals surface area contributed by atoms with Crippen LogP contribution in [0.25, 0.3) is 0 Å². The van der Waals surface area contributed by atoms with Crippen LogP contribution in [0.15, 0.2) is 6.33 Å². The highest BCUT2D eigenvalue weighted by atomic mass is 16.5. The van der Waals surface area contributed by atoms with Gasteiger partial charge < -0.3 is 15.2 Å². The number of rotatable bonds is 10. The quantitative estimate of drug-likeness (QED) is 0.690. The van der Waals surface area contributed by atoms with E-state index in [1.807, 2.05) is 6.92 Å². The summed E-state index contributed by atoms with van der Waals surface area (Å²) in [6, 6.07) is 0. The summed E-state index contributed by atoms with van der Waals surface area (Å²) < 4.78 is 5.16. The molecule has 1 heterocycles. The molecule has 0 aliphatic rings. The van der Waals surface area contributed by atoms with Crippen LogP contribution in [-0.4, -0.2) is 34.7 Å². The molecule has 21 heavy (non-hydrogen) atoms. The van der Waals surface area contributed by atoms with E-state index in [0.29, 0.717) is 11.8 Å². The molecule has 0 saturated carbocycles. The van der Waals surface area contributed by atoms with E-state index in [9.17, 15) is 4.79 Å². The average Bonchev–Trinajstić information content (AvgIpc) is 2.46. The van der Waals surface area contributed by atoms with Gasteiger partial charge in [0.25, 0.3) is 0 Å². The Bertz CT molecular complexity index is 452. The fraction of sp³-hybridized carbons (Fsp3) is 0.667. The zero-order valence-electron chi connectivity index (χ0n) is 13.1. The van der Waals surface area contributed by atoms with Gasteiger partial charge in [0.2, 0.25) is 5.88 Å². The predicted octanol–water partition coefficient (Wildman–Crippen LogP) is 2.88. The first-order valence-electron chi connectivity index (χ1n) is 7.39. The standard InChI is InChI=1S/C15H25N3O3/c1-4-5-12(6-7-13(19)20)8-9-16-14-11(2)15(21-3)18-10-17-14/h10,12H,4-9H2,1-3H3,(H,19,20)(H,16,17,18). The zero-order valence-corrected chi connectivity index (χ0v) is 13.1. The smallest absolute Gasteiger partial charge is 0.303 e. The number of ether oxygens (including phenoxy) is 1. The van der Waals surface area contributed by atoms with Crippen LogP contribution in [0, 0.1) is 12.8 Å². The number of hydrogen-bond donors (Lipinski definition) is 2. The molecule has 0 amide bonds. The number of nitrogens with zero attached hydrogens (tertiary/aromatic N) is 2. The minimum Gasteiger partial charge on any atom is -0.481 e. The van der Waals surface area contributed by atoms with E-state index in [-0.39, 0.29) is 6.42 Å². The van der Waals surface area contributed by atoms with E-state index in [0.717, 1.165) is 43.6 Å². The van der Waals surface area contributed by atoms with Gasteiger partial charge in [-0.15, -0.1) is 0 Å². The molecule has 0 radical (unpaired) electrons.